The van der Waals surface area contributed by atoms with E-state index < -0.39 is 49.5 Å². The minimum absolute atomic E-state index is 0.134. The fourth-order valence-corrected chi connectivity index (χ4v) is 10.2. The lowest BCUT2D eigenvalue weighted by atomic mass is 9.99. The molecule has 7 atom stereocenters. The molecular formula is C65H121NO8. The predicted molar refractivity (Wildman–Crippen MR) is 313 cm³/mol. The van der Waals surface area contributed by atoms with E-state index in [4.69, 9.17) is 9.47 Å². The molecule has 0 aromatic heterocycles. The SMILES string of the molecule is CC/C=C\C/C=C\C/C=C\C/C=C\CCCCCCCCCCCCCCCCCCCCCCCCCCCCC(=O)NC(COC1OC(CO)C(O)C(O)C1O)C(O)CCCCCCCCCCCCCC. The number of carbonyl (C=O) groups excluding carboxylic acids is 1. The summed E-state index contributed by atoms with van der Waals surface area (Å²) in [7, 11) is 0. The molecule has 0 saturated carbocycles. The van der Waals surface area contributed by atoms with Crippen molar-refractivity contribution in [2.45, 2.75) is 346 Å². The van der Waals surface area contributed by atoms with Crippen LogP contribution in [0.2, 0.25) is 0 Å². The molecule has 0 aromatic rings. The summed E-state index contributed by atoms with van der Waals surface area (Å²) in [6, 6.07) is -0.716. The molecule has 1 rings (SSSR count). The van der Waals surface area contributed by atoms with Gasteiger partial charge in [0.1, 0.15) is 24.4 Å². The van der Waals surface area contributed by atoms with Crippen molar-refractivity contribution < 1.29 is 39.8 Å². The van der Waals surface area contributed by atoms with E-state index in [-0.39, 0.29) is 12.5 Å². The number of aliphatic hydroxyl groups excluding tert-OH is 5. The summed E-state index contributed by atoms with van der Waals surface area (Å²) < 4.78 is 11.3. The lowest BCUT2D eigenvalue weighted by molar-refractivity contribution is -0.302. The van der Waals surface area contributed by atoms with Gasteiger partial charge in [0.2, 0.25) is 5.91 Å². The molecule has 1 amide bonds. The Bertz CT molecular complexity index is 1300. The Kier molecular flexibility index (Phi) is 51.7. The first-order valence-electron chi connectivity index (χ1n) is 31.8. The predicted octanol–water partition coefficient (Wildman–Crippen LogP) is 16.5. The summed E-state index contributed by atoms with van der Waals surface area (Å²) in [5.74, 6) is -0.140. The van der Waals surface area contributed by atoms with Gasteiger partial charge in [-0.05, 0) is 51.4 Å². The Hall–Kier alpha value is -1.85. The average Bonchev–Trinajstić information content (AvgIpc) is 3.40. The largest absolute Gasteiger partial charge is 0.394 e. The zero-order valence-electron chi connectivity index (χ0n) is 48.4. The van der Waals surface area contributed by atoms with E-state index in [0.29, 0.717) is 12.8 Å². The minimum atomic E-state index is -1.55. The molecule has 0 aliphatic carbocycles. The zero-order valence-corrected chi connectivity index (χ0v) is 48.4. The van der Waals surface area contributed by atoms with Crippen molar-refractivity contribution in [2.24, 2.45) is 0 Å². The number of nitrogens with one attached hydrogen (secondary N) is 1. The monoisotopic (exact) mass is 1040 g/mol. The topological polar surface area (TPSA) is 149 Å². The van der Waals surface area contributed by atoms with Gasteiger partial charge in [-0.25, -0.2) is 0 Å². The van der Waals surface area contributed by atoms with Gasteiger partial charge >= 0.3 is 0 Å². The summed E-state index contributed by atoms with van der Waals surface area (Å²) in [6.45, 7) is 3.74. The second-order valence-corrected chi connectivity index (χ2v) is 22.2. The Morgan fingerprint density at radius 1 is 0.473 bits per heavy atom. The molecule has 7 unspecified atom stereocenters. The number of rotatable bonds is 55. The van der Waals surface area contributed by atoms with Crippen LogP contribution in [0.1, 0.15) is 303 Å². The molecule has 6 N–H and O–H groups in total. The van der Waals surface area contributed by atoms with E-state index in [1.807, 2.05) is 0 Å². The smallest absolute Gasteiger partial charge is 0.220 e. The third-order valence-corrected chi connectivity index (χ3v) is 15.2. The number of hydrogen-bond donors (Lipinski definition) is 6. The first kappa shape index (κ1) is 70.2. The highest BCUT2D eigenvalue weighted by atomic mass is 16.7. The second kappa shape index (κ2) is 54.5. The maximum atomic E-state index is 13.1. The Balaban J connectivity index is 2.01. The van der Waals surface area contributed by atoms with Crippen LogP contribution < -0.4 is 5.32 Å². The van der Waals surface area contributed by atoms with Gasteiger partial charge < -0.3 is 40.3 Å². The molecule has 1 aliphatic heterocycles. The van der Waals surface area contributed by atoms with Crippen LogP contribution in [0.4, 0.5) is 0 Å². The summed E-state index contributed by atoms with van der Waals surface area (Å²) in [4.78, 5) is 13.1. The van der Waals surface area contributed by atoms with Crippen LogP contribution in [0.25, 0.3) is 0 Å². The summed E-state index contributed by atoms with van der Waals surface area (Å²) in [5.41, 5.74) is 0. The first-order valence-corrected chi connectivity index (χ1v) is 31.8. The molecule has 74 heavy (non-hydrogen) atoms. The number of ether oxygens (including phenoxy) is 2. The number of carbonyl (C=O) groups is 1. The van der Waals surface area contributed by atoms with Gasteiger partial charge in [0.25, 0.3) is 0 Å². The minimum Gasteiger partial charge on any atom is -0.394 e. The lowest BCUT2D eigenvalue weighted by Crippen LogP contribution is -2.60. The van der Waals surface area contributed by atoms with Crippen LogP contribution in [0, 0.1) is 0 Å². The molecule has 0 radical (unpaired) electrons. The normalized spacial score (nSPS) is 19.3. The quantitative estimate of drug-likeness (QED) is 0.0261. The van der Waals surface area contributed by atoms with Gasteiger partial charge in [0.15, 0.2) is 6.29 Å². The van der Waals surface area contributed by atoms with E-state index in [0.717, 1.165) is 64.2 Å². The molecule has 0 bridgehead atoms. The van der Waals surface area contributed by atoms with Crippen LogP contribution in [0.15, 0.2) is 48.6 Å². The van der Waals surface area contributed by atoms with Crippen LogP contribution in [0.5, 0.6) is 0 Å². The fourth-order valence-electron chi connectivity index (χ4n) is 10.2. The Morgan fingerprint density at radius 2 is 0.838 bits per heavy atom. The van der Waals surface area contributed by atoms with Gasteiger partial charge in [-0.3, -0.25) is 4.79 Å². The number of hydrogen-bond acceptors (Lipinski definition) is 8. The summed E-state index contributed by atoms with van der Waals surface area (Å²) in [6.07, 6.45) is 66.2. The summed E-state index contributed by atoms with van der Waals surface area (Å²) >= 11 is 0. The third-order valence-electron chi connectivity index (χ3n) is 15.2. The standard InChI is InChI=1S/C65H121NO8/c1-3-5-7-9-11-13-15-17-18-19-20-21-22-23-24-25-26-27-28-29-30-31-32-33-34-35-36-37-38-39-40-41-42-43-45-47-49-51-53-55-61(69)66-58(57-73-65-64(72)63(71)62(70)60(56-67)74-65)59(68)54-52-50-48-46-44-16-14-12-10-8-6-4-2/h5,7,11,13,17-18,20-21,58-60,62-65,67-68,70-72H,3-4,6,8-10,12,14-16,19,22-57H2,1-2H3,(H,66,69)/b7-5-,13-11-,18-17-,21-20-. The molecule has 1 heterocycles. The molecular weight excluding hydrogens is 923 g/mol. The maximum Gasteiger partial charge on any atom is 0.220 e. The van der Waals surface area contributed by atoms with Crippen molar-refractivity contribution in [1.82, 2.24) is 5.32 Å². The van der Waals surface area contributed by atoms with Crippen molar-refractivity contribution >= 4 is 5.91 Å². The summed E-state index contributed by atoms with van der Waals surface area (Å²) in [5, 5.41) is 54.6. The van der Waals surface area contributed by atoms with Gasteiger partial charge in [-0.15, -0.1) is 0 Å². The first-order chi connectivity index (χ1) is 36.3. The van der Waals surface area contributed by atoms with Crippen molar-refractivity contribution in [3.63, 3.8) is 0 Å². The highest BCUT2D eigenvalue weighted by molar-refractivity contribution is 5.76. The van der Waals surface area contributed by atoms with Gasteiger partial charge in [0, 0.05) is 6.42 Å². The molecule has 1 fully saturated rings. The van der Waals surface area contributed by atoms with E-state index in [1.54, 1.807) is 0 Å². The van der Waals surface area contributed by atoms with Crippen molar-refractivity contribution in [3.05, 3.63) is 48.6 Å². The number of allylic oxidation sites excluding steroid dienone is 8. The van der Waals surface area contributed by atoms with E-state index in [1.165, 1.54) is 212 Å². The van der Waals surface area contributed by atoms with Crippen LogP contribution in [-0.2, 0) is 14.3 Å². The van der Waals surface area contributed by atoms with E-state index >= 15 is 0 Å². The highest BCUT2D eigenvalue weighted by Gasteiger charge is 2.44. The molecule has 1 aliphatic rings. The second-order valence-electron chi connectivity index (χ2n) is 22.2. The van der Waals surface area contributed by atoms with Crippen molar-refractivity contribution in [1.29, 1.82) is 0 Å². The molecule has 1 saturated heterocycles. The molecule has 434 valence electrons. The van der Waals surface area contributed by atoms with Crippen molar-refractivity contribution in [3.8, 4) is 0 Å². The van der Waals surface area contributed by atoms with Gasteiger partial charge in [-0.1, -0.05) is 294 Å². The molecule has 9 heteroatoms. The lowest BCUT2D eigenvalue weighted by Gasteiger charge is -2.40. The maximum absolute atomic E-state index is 13.1. The number of unbranched alkanes of at least 4 members (excludes halogenated alkanes) is 37. The average molecular weight is 1040 g/mol. The number of amides is 1. The van der Waals surface area contributed by atoms with E-state index in [2.05, 4.69) is 67.8 Å². The molecule has 0 spiro atoms. The third kappa shape index (κ3) is 43.2. The Morgan fingerprint density at radius 3 is 1.24 bits per heavy atom. The molecule has 0 aromatic carbocycles. The van der Waals surface area contributed by atoms with Gasteiger partial charge in [0.05, 0.1) is 25.4 Å². The van der Waals surface area contributed by atoms with Crippen LogP contribution in [-0.4, -0.2) is 87.5 Å². The highest BCUT2D eigenvalue weighted by Crippen LogP contribution is 2.23. The van der Waals surface area contributed by atoms with E-state index in [9.17, 15) is 30.3 Å². The number of aliphatic hydroxyl groups is 5. The molecule has 9 nitrogen and oxygen atoms in total. The zero-order chi connectivity index (χ0) is 53.6. The van der Waals surface area contributed by atoms with Crippen LogP contribution in [0.3, 0.4) is 0 Å². The fraction of sp³-hybridized carbons (Fsp3) is 0.862. The van der Waals surface area contributed by atoms with Crippen molar-refractivity contribution in [2.75, 3.05) is 13.2 Å². The Labute approximate surface area is 456 Å². The van der Waals surface area contributed by atoms with Crippen LogP contribution >= 0.6 is 0 Å². The van der Waals surface area contributed by atoms with Gasteiger partial charge in [-0.2, -0.15) is 0 Å².